The predicted octanol–water partition coefficient (Wildman–Crippen LogP) is 5.91. The van der Waals surface area contributed by atoms with Gasteiger partial charge in [0, 0.05) is 0 Å². The quantitative estimate of drug-likeness (QED) is 0.236. The van der Waals surface area contributed by atoms with Crippen molar-refractivity contribution in [2.75, 3.05) is 0 Å². The molecule has 0 amide bonds. The Kier molecular flexibility index (Phi) is 21.1. The summed E-state index contributed by atoms with van der Waals surface area (Å²) in [6.07, 6.45) is 18.3. The zero-order valence-electron chi connectivity index (χ0n) is 11.2. The van der Waals surface area contributed by atoms with Crippen LogP contribution in [0.5, 0.6) is 0 Å². The average molecular weight is 275 g/mol. The smallest absolute Gasteiger partial charge is 0.343 e. The zero-order chi connectivity index (χ0) is 11.2. The average Bonchev–Trinajstić information content (AvgIpc) is 2.26. The molecule has 0 aliphatic carbocycles. The third-order valence-corrected chi connectivity index (χ3v) is 3.10. The fourth-order valence-electron chi connectivity index (χ4n) is 2.02. The van der Waals surface area contributed by atoms with E-state index >= 15 is 0 Å². The fourth-order valence-corrected chi connectivity index (χ4v) is 2.02. The molecule has 0 N–H and O–H groups in total. The van der Waals surface area contributed by atoms with Gasteiger partial charge in [-0.2, -0.15) is 6.42 Å². The summed E-state index contributed by atoms with van der Waals surface area (Å²) in [4.78, 5) is 0. The minimum absolute atomic E-state index is 0. The van der Waals surface area contributed by atoms with Crippen molar-refractivity contribution in [1.29, 1.82) is 0 Å². The van der Waals surface area contributed by atoms with E-state index < -0.39 is 0 Å². The van der Waals surface area contributed by atoms with Gasteiger partial charge < -0.3 is 6.92 Å². The van der Waals surface area contributed by atoms with Gasteiger partial charge in [-0.15, -0.1) is 0 Å². The molecule has 0 unspecified atom stereocenters. The van der Waals surface area contributed by atoms with Gasteiger partial charge in [0.1, 0.15) is 0 Å². The molecule has 0 saturated heterocycles. The molecule has 0 heterocycles. The maximum absolute atomic E-state index is 3.87. The van der Waals surface area contributed by atoms with Crippen molar-refractivity contribution in [3.8, 4) is 0 Å². The second kappa shape index (κ2) is 17.9. The van der Waals surface area contributed by atoms with Gasteiger partial charge in [0.25, 0.3) is 0 Å². The number of rotatable bonds is 12. The Morgan fingerprint density at radius 2 is 0.875 bits per heavy atom. The normalized spacial score (nSPS) is 10.1. The van der Waals surface area contributed by atoms with Crippen LogP contribution in [0.2, 0.25) is 0 Å². The van der Waals surface area contributed by atoms with Crippen LogP contribution in [0.3, 0.4) is 0 Å². The summed E-state index contributed by atoms with van der Waals surface area (Å²) in [5.41, 5.74) is 0. The molecule has 0 saturated carbocycles. The minimum atomic E-state index is 0. The summed E-state index contributed by atoms with van der Waals surface area (Å²) >= 11 is 0. The van der Waals surface area contributed by atoms with Crippen molar-refractivity contribution in [3.05, 3.63) is 6.92 Å². The third kappa shape index (κ3) is 16.9. The van der Waals surface area contributed by atoms with Crippen LogP contribution in [0.25, 0.3) is 0 Å². The van der Waals surface area contributed by atoms with Gasteiger partial charge in [-0.25, -0.2) is 0 Å². The first-order valence-corrected chi connectivity index (χ1v) is 7.21. The molecule has 0 aromatic heterocycles. The van der Waals surface area contributed by atoms with Crippen LogP contribution < -0.4 is 0 Å². The molecule has 16 heavy (non-hydrogen) atoms. The molecule has 0 atom stereocenters. The van der Waals surface area contributed by atoms with Gasteiger partial charge in [-0.1, -0.05) is 84.0 Å². The second-order valence-electron chi connectivity index (χ2n) is 4.74. The predicted molar refractivity (Wildman–Crippen MR) is 71.1 cm³/mol. The van der Waals surface area contributed by atoms with Crippen molar-refractivity contribution >= 4 is 0 Å². The van der Waals surface area contributed by atoms with E-state index in [0.717, 1.165) is 6.42 Å². The van der Waals surface area contributed by atoms with Crippen LogP contribution in [-0.4, -0.2) is 0 Å². The fraction of sp³-hybridized carbons (Fsp3) is 0.933. The summed E-state index contributed by atoms with van der Waals surface area (Å²) in [5, 5.41) is 0. The molecule has 0 rings (SSSR count). The molecule has 0 fully saturated rings. The summed E-state index contributed by atoms with van der Waals surface area (Å²) in [7, 11) is 0. The first-order valence-electron chi connectivity index (χ1n) is 7.21. The van der Waals surface area contributed by atoms with Crippen LogP contribution in [-0.2, 0) is 17.1 Å². The van der Waals surface area contributed by atoms with E-state index in [2.05, 4.69) is 13.8 Å². The largest absolute Gasteiger partial charge is 1.00 e. The van der Waals surface area contributed by atoms with Gasteiger partial charge in [-0.3, -0.25) is 0 Å². The van der Waals surface area contributed by atoms with E-state index in [1.54, 1.807) is 0 Å². The molecular formula is C15H31Cu. The van der Waals surface area contributed by atoms with Crippen LogP contribution >= 0.6 is 0 Å². The van der Waals surface area contributed by atoms with Gasteiger partial charge in [0.15, 0.2) is 0 Å². The van der Waals surface area contributed by atoms with Gasteiger partial charge >= 0.3 is 17.1 Å². The zero-order valence-corrected chi connectivity index (χ0v) is 12.1. The standard InChI is InChI=1S/C15H31.Cu/c1-3-5-7-9-11-13-15-14-12-10-8-6-4-2;/h1,3-15H2,2H3;/q-1;+1. The van der Waals surface area contributed by atoms with E-state index in [-0.39, 0.29) is 17.1 Å². The molecule has 0 bridgehead atoms. The van der Waals surface area contributed by atoms with E-state index in [9.17, 15) is 0 Å². The molecule has 0 aliphatic heterocycles. The van der Waals surface area contributed by atoms with Gasteiger partial charge in [0.05, 0.1) is 0 Å². The van der Waals surface area contributed by atoms with Crippen molar-refractivity contribution in [2.45, 2.75) is 90.4 Å². The Morgan fingerprint density at radius 1 is 0.562 bits per heavy atom. The molecule has 0 nitrogen and oxygen atoms in total. The summed E-state index contributed by atoms with van der Waals surface area (Å²) in [5.74, 6) is 0. The molecule has 102 valence electrons. The van der Waals surface area contributed by atoms with Crippen LogP contribution in [0.4, 0.5) is 0 Å². The number of unbranched alkanes of at least 4 members (excludes halogenated alkanes) is 12. The first-order chi connectivity index (χ1) is 7.41. The van der Waals surface area contributed by atoms with Gasteiger partial charge in [-0.05, 0) is 0 Å². The summed E-state index contributed by atoms with van der Waals surface area (Å²) in [6, 6.07) is 0. The molecule has 0 aliphatic rings. The van der Waals surface area contributed by atoms with Crippen LogP contribution in [0, 0.1) is 6.92 Å². The maximum Gasteiger partial charge on any atom is 1.00 e. The van der Waals surface area contributed by atoms with Crippen molar-refractivity contribution < 1.29 is 17.1 Å². The summed E-state index contributed by atoms with van der Waals surface area (Å²) < 4.78 is 0. The van der Waals surface area contributed by atoms with Crippen LogP contribution in [0.1, 0.15) is 90.4 Å². The Hall–Kier alpha value is 0.519. The van der Waals surface area contributed by atoms with Crippen molar-refractivity contribution in [2.24, 2.45) is 0 Å². The minimum Gasteiger partial charge on any atom is -0.343 e. The number of hydrogen-bond donors (Lipinski definition) is 0. The number of hydrogen-bond acceptors (Lipinski definition) is 0. The molecule has 1 heteroatoms. The second-order valence-corrected chi connectivity index (χ2v) is 4.74. The van der Waals surface area contributed by atoms with E-state index in [4.69, 9.17) is 0 Å². The Bertz CT molecular complexity index is 89.6. The summed E-state index contributed by atoms with van der Waals surface area (Å²) in [6.45, 7) is 6.15. The van der Waals surface area contributed by atoms with E-state index in [1.165, 1.54) is 77.0 Å². The van der Waals surface area contributed by atoms with Crippen LogP contribution in [0.15, 0.2) is 0 Å². The molecule has 0 radical (unpaired) electrons. The topological polar surface area (TPSA) is 0 Å². The van der Waals surface area contributed by atoms with Crippen molar-refractivity contribution in [1.82, 2.24) is 0 Å². The molecule has 0 aromatic rings. The van der Waals surface area contributed by atoms with E-state index in [1.807, 2.05) is 0 Å². The van der Waals surface area contributed by atoms with E-state index in [0.29, 0.717) is 0 Å². The third-order valence-electron chi connectivity index (χ3n) is 3.10. The Labute approximate surface area is 114 Å². The Morgan fingerprint density at radius 3 is 1.19 bits per heavy atom. The monoisotopic (exact) mass is 274 g/mol. The first kappa shape index (κ1) is 18.9. The molecule has 0 spiro atoms. The Balaban J connectivity index is 0. The molecule has 0 aromatic carbocycles. The van der Waals surface area contributed by atoms with Gasteiger partial charge in [0.2, 0.25) is 0 Å². The molecular weight excluding hydrogens is 244 g/mol. The maximum atomic E-state index is 3.87. The SMILES string of the molecule is [CH2-]CCCCCCCCCCCCCC.[Cu+]. The van der Waals surface area contributed by atoms with Crippen molar-refractivity contribution in [3.63, 3.8) is 0 Å².